The fourth-order valence-electron chi connectivity index (χ4n) is 1.17. The highest BCUT2D eigenvalue weighted by molar-refractivity contribution is 8.14. The van der Waals surface area contributed by atoms with Crippen LogP contribution >= 0.6 is 22.3 Å². The van der Waals surface area contributed by atoms with Crippen LogP contribution in [0.2, 0.25) is 5.15 Å². The van der Waals surface area contributed by atoms with Gasteiger partial charge in [0.15, 0.2) is 5.15 Å². The number of carbonyl (C=O) groups excluding carboxylic acids is 1. The molecule has 9 heteroatoms. The number of pyridine rings is 1. The first kappa shape index (κ1) is 16.0. The van der Waals surface area contributed by atoms with Crippen LogP contribution in [0.3, 0.4) is 0 Å². The molecule has 0 unspecified atom stereocenters. The molecular weight excluding hydrogens is 315 g/mol. The van der Waals surface area contributed by atoms with Gasteiger partial charge in [-0.05, 0) is 26.8 Å². The Bertz CT molecular complexity index is 596. The predicted molar refractivity (Wildman–Crippen MR) is 72.1 cm³/mol. The second kappa shape index (κ2) is 5.52. The van der Waals surface area contributed by atoms with Crippen LogP contribution in [0, 0.1) is 0 Å². The summed E-state index contributed by atoms with van der Waals surface area (Å²) < 4.78 is 27.8. The summed E-state index contributed by atoms with van der Waals surface area (Å²) in [6, 6.07) is 1.26. The van der Waals surface area contributed by atoms with E-state index >= 15 is 0 Å². The summed E-state index contributed by atoms with van der Waals surface area (Å²) in [6.07, 6.45) is 0.414. The highest BCUT2D eigenvalue weighted by Gasteiger charge is 2.24. The Morgan fingerprint density at radius 1 is 1.42 bits per heavy atom. The van der Waals surface area contributed by atoms with Gasteiger partial charge in [0.05, 0.1) is 5.69 Å². The highest BCUT2D eigenvalue weighted by atomic mass is 35.7. The number of nitrogens with zero attached hydrogens (tertiary/aromatic N) is 1. The molecule has 0 saturated carbocycles. The average molecular weight is 327 g/mol. The molecule has 1 rings (SSSR count). The molecule has 1 heterocycles. The lowest BCUT2D eigenvalue weighted by molar-refractivity contribution is 0.0635. The molecule has 6 nitrogen and oxygen atoms in total. The van der Waals surface area contributed by atoms with Gasteiger partial charge >= 0.3 is 6.09 Å². The first-order valence-electron chi connectivity index (χ1n) is 5.10. The van der Waals surface area contributed by atoms with Crippen molar-refractivity contribution in [1.82, 2.24) is 4.98 Å². The third kappa shape index (κ3) is 4.85. The van der Waals surface area contributed by atoms with Crippen molar-refractivity contribution in [3.8, 4) is 0 Å². The third-order valence-corrected chi connectivity index (χ3v) is 3.50. The molecule has 0 bridgehead atoms. The fraction of sp³-hybridized carbons (Fsp3) is 0.400. The molecule has 1 amide bonds. The van der Waals surface area contributed by atoms with Crippen molar-refractivity contribution in [2.75, 3.05) is 5.32 Å². The number of halogens is 2. The smallest absolute Gasteiger partial charge is 0.412 e. The summed E-state index contributed by atoms with van der Waals surface area (Å²) in [4.78, 5) is 14.7. The van der Waals surface area contributed by atoms with Crippen molar-refractivity contribution >= 4 is 43.1 Å². The van der Waals surface area contributed by atoms with Crippen LogP contribution in [0.4, 0.5) is 10.5 Å². The topological polar surface area (TPSA) is 85.4 Å². The Morgan fingerprint density at radius 2 is 2.00 bits per heavy atom. The quantitative estimate of drug-likeness (QED) is 0.667. The molecule has 0 aliphatic carbocycles. The second-order valence-electron chi connectivity index (χ2n) is 4.54. The van der Waals surface area contributed by atoms with E-state index in [0.29, 0.717) is 0 Å². The van der Waals surface area contributed by atoms with Gasteiger partial charge in [0.1, 0.15) is 10.5 Å². The summed E-state index contributed by atoms with van der Waals surface area (Å²) in [5, 5.41) is 1.94. The molecule has 1 N–H and O–H groups in total. The summed E-state index contributed by atoms with van der Waals surface area (Å²) in [5.41, 5.74) is -0.815. The van der Waals surface area contributed by atoms with Crippen LogP contribution in [0.1, 0.15) is 20.8 Å². The molecular formula is C10H12Cl2N2O4S. The number of ether oxygens (including phenoxy) is 1. The standard InChI is InChI=1S/C10H12Cl2N2O4S/c1-10(2,3)18-9(15)14-6-4-5-13-8(11)7(6)19(12,16)17/h4-5H,1-3H3,(H,13,14,15). The summed E-state index contributed by atoms with van der Waals surface area (Å²) in [5.74, 6) is 0. The summed E-state index contributed by atoms with van der Waals surface area (Å²) in [6.45, 7) is 5.02. The van der Waals surface area contributed by atoms with Crippen LogP contribution in [-0.2, 0) is 13.8 Å². The van der Waals surface area contributed by atoms with Crippen molar-refractivity contribution in [2.24, 2.45) is 0 Å². The largest absolute Gasteiger partial charge is 0.444 e. The number of anilines is 1. The van der Waals surface area contributed by atoms with E-state index in [0.717, 1.165) is 0 Å². The van der Waals surface area contributed by atoms with Gasteiger partial charge in [-0.3, -0.25) is 5.32 Å². The van der Waals surface area contributed by atoms with Crippen LogP contribution in [0.15, 0.2) is 17.2 Å². The molecule has 106 valence electrons. The van der Waals surface area contributed by atoms with Gasteiger partial charge in [0.2, 0.25) is 0 Å². The minimum atomic E-state index is -4.15. The Kier molecular flexibility index (Phi) is 4.65. The number of rotatable bonds is 2. The van der Waals surface area contributed by atoms with Crippen LogP contribution in [0.5, 0.6) is 0 Å². The first-order valence-corrected chi connectivity index (χ1v) is 7.78. The molecule has 19 heavy (non-hydrogen) atoms. The van der Waals surface area contributed by atoms with E-state index in [1.807, 2.05) is 0 Å². The third-order valence-electron chi connectivity index (χ3n) is 1.74. The number of aromatic nitrogens is 1. The predicted octanol–water partition coefficient (Wildman–Crippen LogP) is 3.01. The van der Waals surface area contributed by atoms with Gasteiger partial charge < -0.3 is 4.74 Å². The SMILES string of the molecule is CC(C)(C)OC(=O)Nc1ccnc(Cl)c1S(=O)(=O)Cl. The zero-order chi connectivity index (χ0) is 14.8. The van der Waals surface area contributed by atoms with E-state index < -0.39 is 25.6 Å². The summed E-state index contributed by atoms with van der Waals surface area (Å²) in [7, 11) is 1.10. The average Bonchev–Trinajstić information content (AvgIpc) is 2.11. The minimum Gasteiger partial charge on any atom is -0.444 e. The Labute approximate surface area is 120 Å². The number of amides is 1. The van der Waals surface area contributed by atoms with Gasteiger partial charge in [-0.15, -0.1) is 0 Å². The normalized spacial score (nSPS) is 12.1. The van der Waals surface area contributed by atoms with Crippen LogP contribution < -0.4 is 5.32 Å². The fourth-order valence-corrected chi connectivity index (χ4v) is 2.85. The van der Waals surface area contributed by atoms with Crippen LogP contribution in [-0.4, -0.2) is 25.1 Å². The molecule has 0 spiro atoms. The summed E-state index contributed by atoms with van der Waals surface area (Å²) >= 11 is 5.66. The maximum absolute atomic E-state index is 11.6. The second-order valence-corrected chi connectivity index (χ2v) is 7.40. The van der Waals surface area contributed by atoms with Gasteiger partial charge in [-0.2, -0.15) is 0 Å². The van der Waals surface area contributed by atoms with E-state index in [1.54, 1.807) is 20.8 Å². The molecule has 0 aromatic carbocycles. The molecule has 0 fully saturated rings. The zero-order valence-electron chi connectivity index (χ0n) is 10.4. The van der Waals surface area contributed by atoms with Crippen molar-refractivity contribution in [1.29, 1.82) is 0 Å². The first-order chi connectivity index (χ1) is 8.50. The Hall–Kier alpha value is -1.05. The molecule has 1 aromatic heterocycles. The van der Waals surface area contributed by atoms with Gasteiger partial charge in [0, 0.05) is 16.9 Å². The number of nitrogens with one attached hydrogen (secondary N) is 1. The van der Waals surface area contributed by atoms with E-state index in [2.05, 4.69) is 10.3 Å². The molecule has 1 aromatic rings. The van der Waals surface area contributed by atoms with Crippen molar-refractivity contribution in [3.05, 3.63) is 17.4 Å². The van der Waals surface area contributed by atoms with Crippen molar-refractivity contribution in [3.63, 3.8) is 0 Å². The minimum absolute atomic E-state index is 0.0933. The number of hydrogen-bond acceptors (Lipinski definition) is 5. The highest BCUT2D eigenvalue weighted by Crippen LogP contribution is 2.30. The van der Waals surface area contributed by atoms with Crippen molar-refractivity contribution in [2.45, 2.75) is 31.3 Å². The van der Waals surface area contributed by atoms with Crippen molar-refractivity contribution < 1.29 is 17.9 Å². The van der Waals surface area contributed by atoms with E-state index in [9.17, 15) is 13.2 Å². The zero-order valence-corrected chi connectivity index (χ0v) is 12.7. The number of carbonyl (C=O) groups is 1. The van der Waals surface area contributed by atoms with Gasteiger partial charge in [0.25, 0.3) is 9.05 Å². The lowest BCUT2D eigenvalue weighted by Crippen LogP contribution is -2.27. The number of hydrogen-bond donors (Lipinski definition) is 1. The molecule has 0 aliphatic heterocycles. The lowest BCUT2D eigenvalue weighted by atomic mass is 10.2. The monoisotopic (exact) mass is 326 g/mol. The van der Waals surface area contributed by atoms with Gasteiger partial charge in [-0.1, -0.05) is 11.6 Å². The van der Waals surface area contributed by atoms with E-state index in [-0.39, 0.29) is 10.8 Å². The molecule has 0 saturated heterocycles. The molecule has 0 atom stereocenters. The Morgan fingerprint density at radius 3 is 2.47 bits per heavy atom. The lowest BCUT2D eigenvalue weighted by Gasteiger charge is -2.20. The van der Waals surface area contributed by atoms with Gasteiger partial charge in [-0.25, -0.2) is 18.2 Å². The maximum atomic E-state index is 11.6. The van der Waals surface area contributed by atoms with E-state index in [1.165, 1.54) is 12.3 Å². The molecule has 0 aliphatic rings. The Balaban J connectivity index is 3.10. The van der Waals surface area contributed by atoms with E-state index in [4.69, 9.17) is 27.0 Å². The van der Waals surface area contributed by atoms with Crippen LogP contribution in [0.25, 0.3) is 0 Å². The maximum Gasteiger partial charge on any atom is 0.412 e. The molecule has 0 radical (unpaired) electrons.